The van der Waals surface area contributed by atoms with Crippen LogP contribution in [-0.2, 0) is 6.54 Å². The van der Waals surface area contributed by atoms with Gasteiger partial charge >= 0.3 is 0 Å². The molecule has 0 radical (unpaired) electrons. The van der Waals surface area contributed by atoms with Gasteiger partial charge in [0.15, 0.2) is 10.4 Å². The number of rotatable bonds is 5. The van der Waals surface area contributed by atoms with E-state index in [2.05, 4.69) is 33.2 Å². The molecule has 0 aliphatic heterocycles. The Labute approximate surface area is 107 Å². The maximum absolute atomic E-state index is 5.45. The third kappa shape index (κ3) is 2.93. The molecule has 3 nitrogen and oxygen atoms in total. The molecule has 0 aliphatic rings. The highest BCUT2D eigenvalue weighted by atomic mass is 79.9. The first-order valence-corrected chi connectivity index (χ1v) is 6.87. The van der Waals surface area contributed by atoms with Gasteiger partial charge in [-0.05, 0) is 41.0 Å². The van der Waals surface area contributed by atoms with E-state index in [0.29, 0.717) is 0 Å². The molecule has 0 aromatic carbocycles. The SMILES string of the molecule is CCCNCc1nc(-c2ccc(Br)o2)cs1. The van der Waals surface area contributed by atoms with Crippen molar-refractivity contribution < 1.29 is 4.42 Å². The molecule has 1 N–H and O–H groups in total. The first kappa shape index (κ1) is 11.8. The van der Waals surface area contributed by atoms with Crippen molar-refractivity contribution in [1.29, 1.82) is 0 Å². The second-order valence-electron chi connectivity index (χ2n) is 3.41. The third-order valence-electron chi connectivity index (χ3n) is 2.08. The number of nitrogens with one attached hydrogen (secondary N) is 1. The topological polar surface area (TPSA) is 38.1 Å². The summed E-state index contributed by atoms with van der Waals surface area (Å²) in [5, 5.41) is 6.44. The Bertz CT molecular complexity index is 452. The predicted molar refractivity (Wildman–Crippen MR) is 69.5 cm³/mol. The van der Waals surface area contributed by atoms with Crippen LogP contribution in [0.3, 0.4) is 0 Å². The monoisotopic (exact) mass is 300 g/mol. The van der Waals surface area contributed by atoms with Crippen molar-refractivity contribution in [3.05, 3.63) is 27.2 Å². The van der Waals surface area contributed by atoms with Crippen molar-refractivity contribution in [2.45, 2.75) is 19.9 Å². The maximum Gasteiger partial charge on any atom is 0.169 e. The molecule has 2 heterocycles. The highest BCUT2D eigenvalue weighted by molar-refractivity contribution is 9.10. The molecule has 0 aliphatic carbocycles. The normalized spacial score (nSPS) is 10.9. The molecule has 0 amide bonds. The average molecular weight is 301 g/mol. The van der Waals surface area contributed by atoms with Crippen LogP contribution in [0.4, 0.5) is 0 Å². The highest BCUT2D eigenvalue weighted by Crippen LogP contribution is 2.26. The van der Waals surface area contributed by atoms with Crippen molar-refractivity contribution >= 4 is 27.3 Å². The van der Waals surface area contributed by atoms with E-state index in [1.54, 1.807) is 11.3 Å². The van der Waals surface area contributed by atoms with Gasteiger partial charge in [-0.15, -0.1) is 11.3 Å². The lowest BCUT2D eigenvalue weighted by molar-refractivity contribution is 0.553. The van der Waals surface area contributed by atoms with Gasteiger partial charge in [0.25, 0.3) is 0 Å². The second-order valence-corrected chi connectivity index (χ2v) is 5.13. The van der Waals surface area contributed by atoms with Gasteiger partial charge in [0.1, 0.15) is 10.7 Å². The van der Waals surface area contributed by atoms with Crippen LogP contribution in [0.2, 0.25) is 0 Å². The van der Waals surface area contributed by atoms with Crippen LogP contribution >= 0.6 is 27.3 Å². The lowest BCUT2D eigenvalue weighted by Crippen LogP contribution is -2.13. The summed E-state index contributed by atoms with van der Waals surface area (Å²) in [6, 6.07) is 3.80. The smallest absolute Gasteiger partial charge is 0.169 e. The minimum absolute atomic E-state index is 0.737. The number of halogens is 1. The minimum atomic E-state index is 0.737. The first-order chi connectivity index (χ1) is 7.79. The Morgan fingerprint density at radius 2 is 2.38 bits per heavy atom. The van der Waals surface area contributed by atoms with E-state index in [4.69, 9.17) is 4.42 Å². The molecular formula is C11H13BrN2OS. The van der Waals surface area contributed by atoms with Crippen molar-refractivity contribution in [1.82, 2.24) is 10.3 Å². The zero-order valence-electron chi connectivity index (χ0n) is 9.00. The molecule has 16 heavy (non-hydrogen) atoms. The van der Waals surface area contributed by atoms with Gasteiger partial charge < -0.3 is 9.73 Å². The molecule has 0 fully saturated rings. The van der Waals surface area contributed by atoms with Crippen molar-refractivity contribution in [3.63, 3.8) is 0 Å². The van der Waals surface area contributed by atoms with Crippen molar-refractivity contribution in [2.75, 3.05) is 6.54 Å². The molecule has 2 aromatic heterocycles. The van der Waals surface area contributed by atoms with Gasteiger partial charge in [0, 0.05) is 11.9 Å². The molecule has 2 aromatic rings. The van der Waals surface area contributed by atoms with Gasteiger partial charge in [0.2, 0.25) is 0 Å². The van der Waals surface area contributed by atoms with E-state index in [9.17, 15) is 0 Å². The molecular weight excluding hydrogens is 288 g/mol. The van der Waals surface area contributed by atoms with Crippen LogP contribution in [0.5, 0.6) is 0 Å². The van der Waals surface area contributed by atoms with E-state index in [1.165, 1.54) is 0 Å². The molecule has 0 saturated heterocycles. The lowest BCUT2D eigenvalue weighted by atomic mass is 10.4. The Morgan fingerprint density at radius 1 is 1.50 bits per heavy atom. The first-order valence-electron chi connectivity index (χ1n) is 5.20. The van der Waals surface area contributed by atoms with Crippen LogP contribution in [0, 0.1) is 0 Å². The fourth-order valence-corrected chi connectivity index (χ4v) is 2.39. The summed E-state index contributed by atoms with van der Waals surface area (Å²) < 4.78 is 6.19. The number of thiazole rings is 1. The quantitative estimate of drug-likeness (QED) is 0.856. The standard InChI is InChI=1S/C11H13BrN2OS/c1-2-5-13-6-11-14-8(7-16-11)9-3-4-10(12)15-9/h3-4,7,13H,2,5-6H2,1H3. The van der Waals surface area contributed by atoms with E-state index < -0.39 is 0 Å². The lowest BCUT2D eigenvalue weighted by Gasteiger charge is -1.97. The fourth-order valence-electron chi connectivity index (χ4n) is 1.33. The summed E-state index contributed by atoms with van der Waals surface area (Å²) in [6.07, 6.45) is 1.14. The van der Waals surface area contributed by atoms with Crippen LogP contribution in [0.25, 0.3) is 11.5 Å². The van der Waals surface area contributed by atoms with Crippen molar-refractivity contribution in [3.8, 4) is 11.5 Å². The summed E-state index contributed by atoms with van der Waals surface area (Å²) in [4.78, 5) is 4.51. The molecule has 86 valence electrons. The Hall–Kier alpha value is -0.650. The van der Waals surface area contributed by atoms with E-state index in [1.807, 2.05) is 17.5 Å². The summed E-state index contributed by atoms with van der Waals surface area (Å²) >= 11 is 4.94. The number of aromatic nitrogens is 1. The molecule has 0 bridgehead atoms. The second kappa shape index (κ2) is 5.61. The van der Waals surface area contributed by atoms with Gasteiger partial charge in [-0.25, -0.2) is 4.98 Å². The Kier molecular flexibility index (Phi) is 4.15. The molecule has 0 atom stereocenters. The van der Waals surface area contributed by atoms with Crippen LogP contribution in [0.15, 0.2) is 26.6 Å². The zero-order valence-corrected chi connectivity index (χ0v) is 11.4. The fraction of sp³-hybridized carbons (Fsp3) is 0.364. The van der Waals surface area contributed by atoms with Crippen molar-refractivity contribution in [2.24, 2.45) is 0 Å². The van der Waals surface area contributed by atoms with E-state index in [-0.39, 0.29) is 0 Å². The Morgan fingerprint density at radius 3 is 3.06 bits per heavy atom. The third-order valence-corrected chi connectivity index (χ3v) is 3.36. The maximum atomic E-state index is 5.45. The molecule has 2 rings (SSSR count). The molecule has 0 unspecified atom stereocenters. The number of furan rings is 1. The largest absolute Gasteiger partial charge is 0.448 e. The van der Waals surface area contributed by atoms with Gasteiger partial charge in [-0.2, -0.15) is 0 Å². The summed E-state index contributed by atoms with van der Waals surface area (Å²) in [5.41, 5.74) is 0.906. The van der Waals surface area contributed by atoms with Gasteiger partial charge in [0.05, 0.1) is 0 Å². The Balaban J connectivity index is 2.02. The summed E-state index contributed by atoms with van der Waals surface area (Å²) in [7, 11) is 0. The van der Waals surface area contributed by atoms with Crippen LogP contribution < -0.4 is 5.32 Å². The summed E-state index contributed by atoms with van der Waals surface area (Å²) in [5.74, 6) is 0.810. The zero-order chi connectivity index (χ0) is 11.4. The average Bonchev–Trinajstić information content (AvgIpc) is 2.87. The molecule has 0 saturated carbocycles. The molecule has 0 spiro atoms. The molecule has 5 heteroatoms. The predicted octanol–water partition coefficient (Wildman–Crippen LogP) is 3.67. The number of hydrogen-bond acceptors (Lipinski definition) is 4. The van der Waals surface area contributed by atoms with E-state index in [0.717, 1.165) is 40.6 Å². The number of hydrogen-bond donors (Lipinski definition) is 1. The van der Waals surface area contributed by atoms with Gasteiger partial charge in [-0.1, -0.05) is 6.92 Å². The highest BCUT2D eigenvalue weighted by Gasteiger charge is 2.07. The summed E-state index contributed by atoms with van der Waals surface area (Å²) in [6.45, 7) is 4.02. The van der Waals surface area contributed by atoms with Crippen LogP contribution in [-0.4, -0.2) is 11.5 Å². The van der Waals surface area contributed by atoms with Crippen LogP contribution in [0.1, 0.15) is 18.4 Å². The van der Waals surface area contributed by atoms with Gasteiger partial charge in [-0.3, -0.25) is 0 Å². The number of nitrogens with zero attached hydrogens (tertiary/aromatic N) is 1. The van der Waals surface area contributed by atoms with E-state index >= 15 is 0 Å². The minimum Gasteiger partial charge on any atom is -0.448 e.